The molecule has 22 heavy (non-hydrogen) atoms. The number of nitrogens with zero attached hydrogens (tertiary/aromatic N) is 2. The molecule has 0 atom stereocenters. The molecule has 0 bridgehead atoms. The molecule has 0 aromatic carbocycles. The minimum atomic E-state index is 0. The van der Waals surface area contributed by atoms with Gasteiger partial charge in [-0.15, -0.1) is 35.3 Å². The van der Waals surface area contributed by atoms with E-state index in [0.717, 1.165) is 37.7 Å². The van der Waals surface area contributed by atoms with Crippen molar-refractivity contribution >= 4 is 41.3 Å². The third-order valence-corrected chi connectivity index (χ3v) is 4.10. The Morgan fingerprint density at radius 3 is 2.86 bits per heavy atom. The van der Waals surface area contributed by atoms with Crippen LogP contribution in [-0.2, 0) is 19.4 Å². The Bertz CT molecular complexity index is 554. The van der Waals surface area contributed by atoms with Crippen LogP contribution in [0.15, 0.2) is 34.0 Å². The van der Waals surface area contributed by atoms with E-state index < -0.39 is 0 Å². The van der Waals surface area contributed by atoms with Gasteiger partial charge >= 0.3 is 0 Å². The van der Waals surface area contributed by atoms with Crippen LogP contribution < -0.4 is 10.6 Å². The summed E-state index contributed by atoms with van der Waals surface area (Å²) in [6.45, 7) is 6.40. The lowest BCUT2D eigenvalue weighted by Crippen LogP contribution is -2.38. The fraction of sp³-hybridized carbons (Fsp3) is 0.467. The van der Waals surface area contributed by atoms with Gasteiger partial charge in [0.2, 0.25) is 0 Å². The monoisotopic (exact) mass is 434 g/mol. The van der Waals surface area contributed by atoms with Gasteiger partial charge in [-0.05, 0) is 25.5 Å². The van der Waals surface area contributed by atoms with Crippen LogP contribution in [0.1, 0.15) is 29.5 Å². The molecule has 2 N–H and O–H groups in total. The molecule has 0 unspecified atom stereocenters. The molecule has 2 aromatic rings. The van der Waals surface area contributed by atoms with E-state index in [4.69, 9.17) is 4.42 Å². The number of rotatable bonds is 7. The molecule has 0 amide bonds. The van der Waals surface area contributed by atoms with Gasteiger partial charge in [-0.1, -0.05) is 6.92 Å². The number of thiazole rings is 1. The zero-order chi connectivity index (χ0) is 14.9. The molecule has 7 heteroatoms. The van der Waals surface area contributed by atoms with E-state index in [2.05, 4.69) is 34.5 Å². The first-order chi connectivity index (χ1) is 10.3. The van der Waals surface area contributed by atoms with Crippen LogP contribution in [0, 0.1) is 0 Å². The average Bonchev–Trinajstić information content (AvgIpc) is 3.16. The van der Waals surface area contributed by atoms with Crippen molar-refractivity contribution < 1.29 is 4.42 Å². The third-order valence-electron chi connectivity index (χ3n) is 2.90. The lowest BCUT2D eigenvalue weighted by Gasteiger charge is -2.10. The summed E-state index contributed by atoms with van der Waals surface area (Å²) < 4.78 is 5.28. The van der Waals surface area contributed by atoms with Crippen molar-refractivity contribution in [3.63, 3.8) is 0 Å². The second-order valence-corrected chi connectivity index (χ2v) is 5.72. The maximum absolute atomic E-state index is 5.28. The van der Waals surface area contributed by atoms with Gasteiger partial charge in [0.15, 0.2) is 5.96 Å². The number of hydrogen-bond donors (Lipinski definition) is 2. The Morgan fingerprint density at radius 1 is 1.36 bits per heavy atom. The van der Waals surface area contributed by atoms with Crippen LogP contribution in [0.3, 0.4) is 0 Å². The van der Waals surface area contributed by atoms with E-state index in [1.54, 1.807) is 17.6 Å². The number of hydrogen-bond acceptors (Lipinski definition) is 4. The second-order valence-electron chi connectivity index (χ2n) is 4.53. The summed E-state index contributed by atoms with van der Waals surface area (Å²) in [5.74, 6) is 1.67. The van der Waals surface area contributed by atoms with Gasteiger partial charge in [-0.25, -0.2) is 9.98 Å². The quantitative estimate of drug-likeness (QED) is 0.399. The number of aryl methyl sites for hydroxylation is 1. The predicted octanol–water partition coefficient (Wildman–Crippen LogP) is 3.21. The van der Waals surface area contributed by atoms with Crippen molar-refractivity contribution in [1.29, 1.82) is 0 Å². The molecule has 0 saturated heterocycles. The van der Waals surface area contributed by atoms with Gasteiger partial charge in [-0.2, -0.15) is 0 Å². The molecule has 5 nitrogen and oxygen atoms in total. The highest BCUT2D eigenvalue weighted by molar-refractivity contribution is 14.0. The molecular formula is C15H23IN4OS. The lowest BCUT2D eigenvalue weighted by molar-refractivity contribution is 0.512. The number of furan rings is 1. The number of guanidine groups is 1. The summed E-state index contributed by atoms with van der Waals surface area (Å²) in [5.41, 5.74) is 0. The maximum Gasteiger partial charge on any atom is 0.191 e. The van der Waals surface area contributed by atoms with Crippen LogP contribution in [0.4, 0.5) is 0 Å². The standard InChI is InChI=1S/C15H22N4OS.HI/c1-3-13-11-18-14(21-13)7-8-17-15(16-4-2)19-10-12-6-5-9-20-12;/h5-6,9,11H,3-4,7-8,10H2,1-2H3,(H2,16,17,19);1H. The molecule has 0 radical (unpaired) electrons. The fourth-order valence-corrected chi connectivity index (χ4v) is 2.68. The maximum atomic E-state index is 5.28. The highest BCUT2D eigenvalue weighted by Crippen LogP contribution is 2.13. The first-order valence-electron chi connectivity index (χ1n) is 7.30. The van der Waals surface area contributed by atoms with Crippen molar-refractivity contribution in [1.82, 2.24) is 15.6 Å². The van der Waals surface area contributed by atoms with Gasteiger partial charge in [0, 0.05) is 30.6 Å². The minimum absolute atomic E-state index is 0. The normalized spacial score (nSPS) is 11.1. The molecule has 2 aromatic heterocycles. The summed E-state index contributed by atoms with van der Waals surface area (Å²) >= 11 is 1.78. The summed E-state index contributed by atoms with van der Waals surface area (Å²) in [7, 11) is 0. The topological polar surface area (TPSA) is 62.5 Å². The summed E-state index contributed by atoms with van der Waals surface area (Å²) in [6, 6.07) is 3.80. The Kier molecular flexibility index (Phi) is 9.14. The first kappa shape index (κ1) is 19.0. The van der Waals surface area contributed by atoms with Gasteiger partial charge in [-0.3, -0.25) is 0 Å². The summed E-state index contributed by atoms with van der Waals surface area (Å²) in [6.07, 6.45) is 5.60. The van der Waals surface area contributed by atoms with Gasteiger partial charge in [0.05, 0.1) is 11.3 Å². The molecule has 0 fully saturated rings. The number of aliphatic imine (C=N–C) groups is 1. The van der Waals surface area contributed by atoms with E-state index in [9.17, 15) is 0 Å². The number of halogens is 1. The van der Waals surface area contributed by atoms with Crippen molar-refractivity contribution in [3.8, 4) is 0 Å². The van der Waals surface area contributed by atoms with Crippen molar-refractivity contribution in [2.24, 2.45) is 4.99 Å². The molecule has 122 valence electrons. The molecule has 2 heterocycles. The van der Waals surface area contributed by atoms with Gasteiger partial charge < -0.3 is 15.1 Å². The average molecular weight is 434 g/mol. The van der Waals surface area contributed by atoms with E-state index in [-0.39, 0.29) is 24.0 Å². The lowest BCUT2D eigenvalue weighted by atomic mass is 10.4. The predicted molar refractivity (Wildman–Crippen MR) is 102 cm³/mol. The summed E-state index contributed by atoms with van der Waals surface area (Å²) in [5, 5.41) is 7.72. The minimum Gasteiger partial charge on any atom is -0.467 e. The first-order valence-corrected chi connectivity index (χ1v) is 8.11. The highest BCUT2D eigenvalue weighted by Gasteiger charge is 2.02. The van der Waals surface area contributed by atoms with E-state index in [0.29, 0.717) is 6.54 Å². The van der Waals surface area contributed by atoms with Gasteiger partial charge in [0.25, 0.3) is 0 Å². The van der Waals surface area contributed by atoms with Crippen LogP contribution in [0.2, 0.25) is 0 Å². The molecule has 0 spiro atoms. The van der Waals surface area contributed by atoms with Crippen molar-refractivity contribution in [3.05, 3.63) is 40.2 Å². The molecule has 0 aliphatic heterocycles. The molecular weight excluding hydrogens is 411 g/mol. The Balaban J connectivity index is 0.00000242. The van der Waals surface area contributed by atoms with Crippen molar-refractivity contribution in [2.45, 2.75) is 33.2 Å². The van der Waals surface area contributed by atoms with Crippen LogP contribution in [-0.4, -0.2) is 24.0 Å². The smallest absolute Gasteiger partial charge is 0.191 e. The Labute approximate surface area is 152 Å². The van der Waals surface area contributed by atoms with Crippen LogP contribution in [0.5, 0.6) is 0 Å². The van der Waals surface area contributed by atoms with Crippen molar-refractivity contribution in [2.75, 3.05) is 13.1 Å². The SMILES string of the molecule is CCNC(=NCc1ccco1)NCCc1ncc(CC)s1.I. The fourth-order valence-electron chi connectivity index (χ4n) is 1.82. The Morgan fingerprint density at radius 2 is 2.23 bits per heavy atom. The van der Waals surface area contributed by atoms with Crippen LogP contribution >= 0.6 is 35.3 Å². The van der Waals surface area contributed by atoms with E-state index >= 15 is 0 Å². The largest absolute Gasteiger partial charge is 0.467 e. The third kappa shape index (κ3) is 6.35. The Hall–Kier alpha value is -1.09. The highest BCUT2D eigenvalue weighted by atomic mass is 127. The zero-order valence-corrected chi connectivity index (χ0v) is 16.1. The summed E-state index contributed by atoms with van der Waals surface area (Å²) in [4.78, 5) is 10.2. The van der Waals surface area contributed by atoms with Gasteiger partial charge in [0.1, 0.15) is 12.3 Å². The van der Waals surface area contributed by atoms with E-state index in [1.807, 2.05) is 18.3 Å². The number of aromatic nitrogens is 1. The zero-order valence-electron chi connectivity index (χ0n) is 13.0. The second kappa shape index (κ2) is 10.6. The molecule has 2 rings (SSSR count). The number of nitrogens with one attached hydrogen (secondary N) is 2. The molecule has 0 saturated carbocycles. The molecule has 0 aliphatic rings. The van der Waals surface area contributed by atoms with E-state index in [1.165, 1.54) is 9.88 Å². The molecule has 0 aliphatic carbocycles. The van der Waals surface area contributed by atoms with Crippen LogP contribution in [0.25, 0.3) is 0 Å².